The molecule has 0 fully saturated rings. The Morgan fingerprint density at radius 2 is 2.05 bits per heavy atom. The first kappa shape index (κ1) is 14.6. The highest BCUT2D eigenvalue weighted by Crippen LogP contribution is 2.36. The van der Waals surface area contributed by atoms with Gasteiger partial charge < -0.3 is 4.90 Å². The van der Waals surface area contributed by atoms with E-state index in [0.717, 1.165) is 11.0 Å². The van der Waals surface area contributed by atoms with Gasteiger partial charge in [0.05, 0.1) is 6.04 Å². The molecule has 0 unspecified atom stereocenters. The SMILES string of the molecule is C[C@H]1c2ccsc2CCN1c1c(C#N)c(=O)n(C)c(=O)n1C. The summed E-state index contributed by atoms with van der Waals surface area (Å²) in [5.41, 5.74) is 0.273. The number of nitriles is 1. The fourth-order valence-electron chi connectivity index (χ4n) is 3.07. The van der Waals surface area contributed by atoms with E-state index in [4.69, 9.17) is 0 Å². The van der Waals surface area contributed by atoms with Crippen molar-refractivity contribution < 1.29 is 0 Å². The summed E-state index contributed by atoms with van der Waals surface area (Å²) in [6.07, 6.45) is 0.853. The molecule has 0 aromatic carbocycles. The van der Waals surface area contributed by atoms with Gasteiger partial charge in [0.2, 0.25) is 0 Å². The van der Waals surface area contributed by atoms with Crippen LogP contribution in [0.1, 0.15) is 29.0 Å². The minimum absolute atomic E-state index is 0.0233. The lowest BCUT2D eigenvalue weighted by molar-refractivity contribution is 0.586. The van der Waals surface area contributed by atoms with Crippen molar-refractivity contribution in [2.75, 3.05) is 11.4 Å². The summed E-state index contributed by atoms with van der Waals surface area (Å²) in [6, 6.07) is 4.08. The fourth-order valence-corrected chi connectivity index (χ4v) is 4.03. The first-order valence-electron chi connectivity index (χ1n) is 7.00. The quantitative estimate of drug-likeness (QED) is 0.791. The molecule has 2 aromatic heterocycles. The first-order valence-corrected chi connectivity index (χ1v) is 7.88. The highest BCUT2D eigenvalue weighted by Gasteiger charge is 2.29. The van der Waals surface area contributed by atoms with E-state index < -0.39 is 11.2 Å². The van der Waals surface area contributed by atoms with E-state index >= 15 is 0 Å². The van der Waals surface area contributed by atoms with Crippen LogP contribution in [0.25, 0.3) is 0 Å². The van der Waals surface area contributed by atoms with Crippen molar-refractivity contribution in [1.82, 2.24) is 9.13 Å². The lowest BCUT2D eigenvalue weighted by Crippen LogP contribution is -2.44. The molecule has 1 aliphatic heterocycles. The molecule has 0 N–H and O–H groups in total. The predicted molar refractivity (Wildman–Crippen MR) is 85.4 cm³/mol. The van der Waals surface area contributed by atoms with Gasteiger partial charge >= 0.3 is 5.69 Å². The summed E-state index contributed by atoms with van der Waals surface area (Å²) in [4.78, 5) is 27.8. The van der Waals surface area contributed by atoms with Crippen molar-refractivity contribution in [1.29, 1.82) is 5.26 Å². The van der Waals surface area contributed by atoms with Gasteiger partial charge in [0.1, 0.15) is 11.9 Å². The van der Waals surface area contributed by atoms with Crippen molar-refractivity contribution in [2.24, 2.45) is 14.1 Å². The van der Waals surface area contributed by atoms with E-state index in [0.29, 0.717) is 12.4 Å². The molecular weight excluding hydrogens is 300 g/mol. The summed E-state index contributed by atoms with van der Waals surface area (Å²) in [7, 11) is 3.00. The third kappa shape index (κ3) is 1.91. The summed E-state index contributed by atoms with van der Waals surface area (Å²) in [6.45, 7) is 2.72. The number of nitrogens with zero attached hydrogens (tertiary/aromatic N) is 4. The second-order valence-electron chi connectivity index (χ2n) is 5.43. The van der Waals surface area contributed by atoms with Crippen molar-refractivity contribution in [3.05, 3.63) is 48.3 Å². The van der Waals surface area contributed by atoms with Gasteiger partial charge in [0, 0.05) is 25.5 Å². The molecule has 0 spiro atoms. The van der Waals surface area contributed by atoms with Crippen LogP contribution in [0.2, 0.25) is 0 Å². The van der Waals surface area contributed by atoms with Crippen LogP contribution in [0.4, 0.5) is 5.82 Å². The van der Waals surface area contributed by atoms with Crippen LogP contribution in [-0.4, -0.2) is 15.7 Å². The molecule has 0 amide bonds. The van der Waals surface area contributed by atoms with E-state index in [1.807, 2.05) is 17.9 Å². The number of rotatable bonds is 1. The number of fused-ring (bicyclic) bond motifs is 1. The van der Waals surface area contributed by atoms with Crippen molar-refractivity contribution >= 4 is 17.2 Å². The predicted octanol–water partition coefficient (Wildman–Crippen LogP) is 1.14. The minimum Gasteiger partial charge on any atom is -0.349 e. The van der Waals surface area contributed by atoms with Crippen LogP contribution >= 0.6 is 11.3 Å². The van der Waals surface area contributed by atoms with Crippen LogP contribution < -0.4 is 16.1 Å². The molecule has 114 valence electrons. The van der Waals surface area contributed by atoms with Gasteiger partial charge in [0.25, 0.3) is 5.56 Å². The van der Waals surface area contributed by atoms with Gasteiger partial charge in [-0.15, -0.1) is 11.3 Å². The lowest BCUT2D eigenvalue weighted by atomic mass is 10.0. The zero-order valence-electron chi connectivity index (χ0n) is 12.7. The third-order valence-corrected chi connectivity index (χ3v) is 5.29. The maximum Gasteiger partial charge on any atom is 0.332 e. The van der Waals surface area contributed by atoms with E-state index in [1.165, 1.54) is 22.1 Å². The highest BCUT2D eigenvalue weighted by atomic mass is 32.1. The monoisotopic (exact) mass is 316 g/mol. The Kier molecular flexibility index (Phi) is 3.41. The summed E-state index contributed by atoms with van der Waals surface area (Å²) >= 11 is 1.72. The highest BCUT2D eigenvalue weighted by molar-refractivity contribution is 7.10. The maximum atomic E-state index is 12.2. The van der Waals surface area contributed by atoms with E-state index in [-0.39, 0.29) is 11.6 Å². The second kappa shape index (κ2) is 5.14. The summed E-state index contributed by atoms with van der Waals surface area (Å²) < 4.78 is 2.38. The Morgan fingerprint density at radius 1 is 1.32 bits per heavy atom. The normalized spacial score (nSPS) is 17.2. The summed E-state index contributed by atoms with van der Waals surface area (Å²) in [5.74, 6) is 0.417. The standard InChI is InChI=1S/C15H16N4O2S/c1-9-10-5-7-22-12(10)4-6-19(9)13-11(8-16)14(20)18(3)15(21)17(13)2/h5,7,9H,4,6H2,1-3H3/t9-/m0/s1. The second-order valence-corrected chi connectivity index (χ2v) is 6.44. The van der Waals surface area contributed by atoms with Crippen LogP contribution in [-0.2, 0) is 20.5 Å². The first-order chi connectivity index (χ1) is 10.5. The van der Waals surface area contributed by atoms with Gasteiger partial charge in [-0.05, 0) is 30.4 Å². The molecule has 22 heavy (non-hydrogen) atoms. The maximum absolute atomic E-state index is 12.2. The molecule has 0 bridgehead atoms. The smallest absolute Gasteiger partial charge is 0.332 e. The molecule has 1 atom stereocenters. The molecule has 0 saturated heterocycles. The van der Waals surface area contributed by atoms with E-state index in [1.54, 1.807) is 18.4 Å². The molecule has 3 heterocycles. The Balaban J connectivity index is 2.24. The molecule has 3 rings (SSSR count). The zero-order valence-corrected chi connectivity index (χ0v) is 13.5. The number of aromatic nitrogens is 2. The topological polar surface area (TPSA) is 71.0 Å². The Bertz CT molecular complexity index is 900. The van der Waals surface area contributed by atoms with Crippen molar-refractivity contribution in [3.63, 3.8) is 0 Å². The number of hydrogen-bond acceptors (Lipinski definition) is 5. The Morgan fingerprint density at radius 3 is 2.73 bits per heavy atom. The van der Waals surface area contributed by atoms with E-state index in [2.05, 4.69) is 11.4 Å². The van der Waals surface area contributed by atoms with Gasteiger partial charge in [-0.25, -0.2) is 4.79 Å². The molecule has 6 nitrogen and oxygen atoms in total. The molecular formula is C15H16N4O2S. The van der Waals surface area contributed by atoms with E-state index in [9.17, 15) is 14.9 Å². The molecule has 2 aromatic rings. The number of anilines is 1. The van der Waals surface area contributed by atoms with Crippen molar-refractivity contribution in [2.45, 2.75) is 19.4 Å². The molecule has 1 aliphatic rings. The van der Waals surface area contributed by atoms with Crippen molar-refractivity contribution in [3.8, 4) is 6.07 Å². The fraction of sp³-hybridized carbons (Fsp3) is 0.400. The molecule has 0 saturated carbocycles. The molecule has 0 radical (unpaired) electrons. The van der Waals surface area contributed by atoms with Gasteiger partial charge in [-0.1, -0.05) is 0 Å². The third-order valence-electron chi connectivity index (χ3n) is 4.29. The van der Waals surface area contributed by atoms with Crippen LogP contribution in [0.3, 0.4) is 0 Å². The Hall–Kier alpha value is -2.33. The lowest BCUT2D eigenvalue weighted by Gasteiger charge is -2.36. The zero-order chi connectivity index (χ0) is 16.0. The minimum atomic E-state index is -0.538. The van der Waals surface area contributed by atoms with Gasteiger partial charge in [-0.3, -0.25) is 13.9 Å². The van der Waals surface area contributed by atoms with Gasteiger partial charge in [0.15, 0.2) is 5.56 Å². The Labute approximate surface area is 131 Å². The van der Waals surface area contributed by atoms with Crippen LogP contribution in [0.5, 0.6) is 0 Å². The van der Waals surface area contributed by atoms with Crippen LogP contribution in [0, 0.1) is 11.3 Å². The summed E-state index contributed by atoms with van der Waals surface area (Å²) in [5, 5.41) is 11.5. The van der Waals surface area contributed by atoms with Gasteiger partial charge in [-0.2, -0.15) is 5.26 Å². The average Bonchev–Trinajstić information content (AvgIpc) is 2.99. The number of thiophene rings is 1. The molecule has 7 heteroatoms. The molecule has 0 aliphatic carbocycles. The number of hydrogen-bond donors (Lipinski definition) is 0. The average molecular weight is 316 g/mol. The van der Waals surface area contributed by atoms with Crippen LogP contribution in [0.15, 0.2) is 21.0 Å². The largest absolute Gasteiger partial charge is 0.349 e.